The molecule has 0 radical (unpaired) electrons. The first-order chi connectivity index (χ1) is 9.13. The Kier molecular flexibility index (Phi) is 4.81. The molecule has 106 valence electrons. The Morgan fingerprint density at radius 2 is 2.11 bits per heavy atom. The van der Waals surface area contributed by atoms with Crippen molar-refractivity contribution in [3.63, 3.8) is 0 Å². The molecule has 3 heteroatoms. The minimum atomic E-state index is 0.602. The van der Waals surface area contributed by atoms with Crippen LogP contribution in [0.1, 0.15) is 51.3 Å². The molecule has 1 fully saturated rings. The van der Waals surface area contributed by atoms with E-state index in [1.165, 1.54) is 24.8 Å². The van der Waals surface area contributed by atoms with Gasteiger partial charge in [-0.25, -0.2) is 4.98 Å². The molecule has 2 N–H and O–H groups in total. The van der Waals surface area contributed by atoms with E-state index in [1.54, 1.807) is 0 Å². The fourth-order valence-electron chi connectivity index (χ4n) is 2.35. The van der Waals surface area contributed by atoms with Crippen molar-refractivity contribution >= 4 is 5.82 Å². The van der Waals surface area contributed by atoms with Crippen LogP contribution < -0.4 is 10.6 Å². The summed E-state index contributed by atoms with van der Waals surface area (Å²) in [5.74, 6) is 1.88. The number of nitrogens with zero attached hydrogens (tertiary/aromatic N) is 2. The Morgan fingerprint density at radius 1 is 1.37 bits per heavy atom. The summed E-state index contributed by atoms with van der Waals surface area (Å²) in [5, 5.41) is 0. The second-order valence-corrected chi connectivity index (χ2v) is 5.99. The fourth-order valence-corrected chi connectivity index (χ4v) is 2.35. The standard InChI is InChI=1S/C16H27N3/c1-4-14-9-13(11-17)10-16(18-14)19(15-5-6-15)8-7-12(2)3/h9-10,12,15H,4-8,11,17H2,1-3H3. The van der Waals surface area contributed by atoms with Gasteiger partial charge in [0.2, 0.25) is 0 Å². The lowest BCUT2D eigenvalue weighted by molar-refractivity contribution is 0.568. The number of rotatable bonds is 7. The van der Waals surface area contributed by atoms with Crippen molar-refractivity contribution in [2.45, 2.75) is 59.0 Å². The molecule has 1 saturated carbocycles. The lowest BCUT2D eigenvalue weighted by Gasteiger charge is -2.25. The molecule has 0 spiro atoms. The Labute approximate surface area is 117 Å². The van der Waals surface area contributed by atoms with Crippen LogP contribution in [0.5, 0.6) is 0 Å². The Hall–Kier alpha value is -1.09. The molecule has 0 atom stereocenters. The van der Waals surface area contributed by atoms with Crippen molar-refractivity contribution in [2.75, 3.05) is 11.4 Å². The molecule has 0 bridgehead atoms. The maximum Gasteiger partial charge on any atom is 0.129 e. The van der Waals surface area contributed by atoms with E-state index in [-0.39, 0.29) is 0 Å². The Morgan fingerprint density at radius 3 is 2.63 bits per heavy atom. The number of aryl methyl sites for hydroxylation is 1. The van der Waals surface area contributed by atoms with Gasteiger partial charge < -0.3 is 10.6 Å². The van der Waals surface area contributed by atoms with Gasteiger partial charge in [0, 0.05) is 24.8 Å². The molecule has 1 aromatic rings. The van der Waals surface area contributed by atoms with Crippen molar-refractivity contribution < 1.29 is 0 Å². The third-order valence-electron chi connectivity index (χ3n) is 3.75. The minimum Gasteiger partial charge on any atom is -0.354 e. The van der Waals surface area contributed by atoms with Crippen molar-refractivity contribution in [1.82, 2.24) is 4.98 Å². The summed E-state index contributed by atoms with van der Waals surface area (Å²) in [5.41, 5.74) is 8.18. The second kappa shape index (κ2) is 6.38. The smallest absolute Gasteiger partial charge is 0.129 e. The SMILES string of the molecule is CCc1cc(CN)cc(N(CCC(C)C)C2CC2)n1. The highest BCUT2D eigenvalue weighted by Crippen LogP contribution is 2.31. The van der Waals surface area contributed by atoms with E-state index >= 15 is 0 Å². The molecule has 0 unspecified atom stereocenters. The quantitative estimate of drug-likeness (QED) is 0.820. The van der Waals surface area contributed by atoms with Crippen LogP contribution in [0, 0.1) is 5.92 Å². The summed E-state index contributed by atoms with van der Waals surface area (Å²) < 4.78 is 0. The van der Waals surface area contributed by atoms with E-state index in [1.807, 2.05) is 0 Å². The molecule has 19 heavy (non-hydrogen) atoms. The van der Waals surface area contributed by atoms with Crippen LogP contribution in [-0.2, 0) is 13.0 Å². The van der Waals surface area contributed by atoms with Crippen LogP contribution in [0.15, 0.2) is 12.1 Å². The van der Waals surface area contributed by atoms with Gasteiger partial charge in [0.05, 0.1) is 0 Å². The molecule has 2 rings (SSSR count). The monoisotopic (exact) mass is 261 g/mol. The number of hydrogen-bond donors (Lipinski definition) is 1. The molecule has 1 aliphatic carbocycles. The summed E-state index contributed by atoms with van der Waals surface area (Å²) in [4.78, 5) is 7.31. The second-order valence-electron chi connectivity index (χ2n) is 5.99. The number of pyridine rings is 1. The summed E-state index contributed by atoms with van der Waals surface area (Å²) in [7, 11) is 0. The minimum absolute atomic E-state index is 0.602. The van der Waals surface area contributed by atoms with Crippen molar-refractivity contribution in [2.24, 2.45) is 11.7 Å². The van der Waals surface area contributed by atoms with Gasteiger partial charge in [-0.2, -0.15) is 0 Å². The molecular weight excluding hydrogens is 234 g/mol. The molecule has 0 aromatic carbocycles. The fraction of sp³-hybridized carbons (Fsp3) is 0.688. The maximum atomic E-state index is 5.81. The third kappa shape index (κ3) is 3.93. The highest BCUT2D eigenvalue weighted by Gasteiger charge is 2.30. The first-order valence-electron chi connectivity index (χ1n) is 7.60. The van der Waals surface area contributed by atoms with E-state index in [0.29, 0.717) is 12.6 Å². The van der Waals surface area contributed by atoms with Crippen molar-refractivity contribution in [1.29, 1.82) is 0 Å². The van der Waals surface area contributed by atoms with Crippen LogP contribution in [0.25, 0.3) is 0 Å². The first kappa shape index (κ1) is 14.3. The molecule has 1 heterocycles. The topological polar surface area (TPSA) is 42.1 Å². The van der Waals surface area contributed by atoms with Gasteiger partial charge in [0.15, 0.2) is 0 Å². The third-order valence-corrected chi connectivity index (χ3v) is 3.75. The van der Waals surface area contributed by atoms with Gasteiger partial charge in [-0.3, -0.25) is 0 Å². The number of hydrogen-bond acceptors (Lipinski definition) is 3. The van der Waals surface area contributed by atoms with Gasteiger partial charge in [-0.05, 0) is 49.3 Å². The Bertz CT molecular complexity index is 388. The van der Waals surface area contributed by atoms with E-state index in [0.717, 1.165) is 30.4 Å². The molecule has 3 nitrogen and oxygen atoms in total. The van der Waals surface area contributed by atoms with Crippen LogP contribution in [0.2, 0.25) is 0 Å². The zero-order chi connectivity index (χ0) is 13.8. The summed E-state index contributed by atoms with van der Waals surface area (Å²) in [6.45, 7) is 8.44. The van der Waals surface area contributed by atoms with E-state index < -0.39 is 0 Å². The highest BCUT2D eigenvalue weighted by atomic mass is 15.2. The molecule has 0 aliphatic heterocycles. The van der Waals surface area contributed by atoms with Crippen molar-refractivity contribution in [3.05, 3.63) is 23.4 Å². The van der Waals surface area contributed by atoms with Gasteiger partial charge in [0.25, 0.3) is 0 Å². The normalized spacial score (nSPS) is 15.0. The van der Waals surface area contributed by atoms with Crippen molar-refractivity contribution in [3.8, 4) is 0 Å². The summed E-state index contributed by atoms with van der Waals surface area (Å²) >= 11 is 0. The lowest BCUT2D eigenvalue weighted by atomic mass is 10.1. The maximum absolute atomic E-state index is 5.81. The highest BCUT2D eigenvalue weighted by molar-refractivity contribution is 5.45. The summed E-state index contributed by atoms with van der Waals surface area (Å²) in [6, 6.07) is 5.03. The average molecular weight is 261 g/mol. The van der Waals surface area contributed by atoms with E-state index in [2.05, 4.69) is 37.8 Å². The Balaban J connectivity index is 2.19. The van der Waals surface area contributed by atoms with Crippen LogP contribution in [-0.4, -0.2) is 17.6 Å². The van der Waals surface area contributed by atoms with Crippen LogP contribution in [0.4, 0.5) is 5.82 Å². The molecule has 0 amide bonds. The first-order valence-corrected chi connectivity index (χ1v) is 7.60. The lowest BCUT2D eigenvalue weighted by Crippen LogP contribution is -2.29. The largest absolute Gasteiger partial charge is 0.354 e. The van der Waals surface area contributed by atoms with Gasteiger partial charge in [-0.1, -0.05) is 20.8 Å². The van der Waals surface area contributed by atoms with E-state index in [9.17, 15) is 0 Å². The van der Waals surface area contributed by atoms with Gasteiger partial charge >= 0.3 is 0 Å². The average Bonchev–Trinajstić information content (AvgIpc) is 3.22. The van der Waals surface area contributed by atoms with Gasteiger partial charge in [-0.15, -0.1) is 0 Å². The predicted molar refractivity (Wildman–Crippen MR) is 81.3 cm³/mol. The zero-order valence-electron chi connectivity index (χ0n) is 12.5. The molecule has 1 aromatic heterocycles. The molecule has 1 aliphatic rings. The number of aromatic nitrogens is 1. The van der Waals surface area contributed by atoms with Crippen LogP contribution >= 0.6 is 0 Å². The van der Waals surface area contributed by atoms with E-state index in [4.69, 9.17) is 10.7 Å². The summed E-state index contributed by atoms with van der Waals surface area (Å²) in [6.07, 6.45) is 4.83. The molecule has 0 saturated heterocycles. The molecular formula is C16H27N3. The zero-order valence-corrected chi connectivity index (χ0v) is 12.5. The van der Waals surface area contributed by atoms with Crippen LogP contribution in [0.3, 0.4) is 0 Å². The van der Waals surface area contributed by atoms with Gasteiger partial charge in [0.1, 0.15) is 5.82 Å². The predicted octanol–water partition coefficient (Wildman–Crippen LogP) is 3.12. The number of nitrogens with two attached hydrogens (primary N) is 1. The number of anilines is 1.